The second-order valence-electron chi connectivity index (χ2n) is 5.77. The molecule has 1 aliphatic rings. The van der Waals surface area contributed by atoms with Crippen LogP contribution in [0.4, 0.5) is 0 Å². The Balaban J connectivity index is 2.06. The Hall–Kier alpha value is -2.88. The summed E-state index contributed by atoms with van der Waals surface area (Å²) in [6, 6.07) is 13.9. The van der Waals surface area contributed by atoms with Crippen LogP contribution >= 0.6 is 0 Å². The summed E-state index contributed by atoms with van der Waals surface area (Å²) < 4.78 is 1.59. The first-order valence-electron chi connectivity index (χ1n) is 7.63. The van der Waals surface area contributed by atoms with Gasteiger partial charge in [-0.15, -0.1) is 0 Å². The van der Waals surface area contributed by atoms with Gasteiger partial charge in [0, 0.05) is 12.1 Å². The van der Waals surface area contributed by atoms with E-state index in [0.717, 1.165) is 18.4 Å². The third-order valence-corrected chi connectivity index (χ3v) is 4.41. The molecule has 4 heteroatoms. The van der Waals surface area contributed by atoms with Crippen molar-refractivity contribution in [1.29, 1.82) is 0 Å². The maximum Gasteiger partial charge on any atom is 0.261 e. The second kappa shape index (κ2) is 5.09. The maximum atomic E-state index is 12.8. The molecular formula is C19H14NO3-. The minimum absolute atomic E-state index is 0.247. The van der Waals surface area contributed by atoms with Crippen molar-refractivity contribution in [2.24, 2.45) is 0 Å². The molecule has 0 unspecified atom stereocenters. The lowest BCUT2D eigenvalue weighted by Crippen LogP contribution is -2.31. The van der Waals surface area contributed by atoms with Crippen molar-refractivity contribution in [2.75, 3.05) is 0 Å². The molecule has 4 nitrogen and oxygen atoms in total. The van der Waals surface area contributed by atoms with Gasteiger partial charge in [0.15, 0.2) is 5.78 Å². The molecule has 3 aromatic rings. The van der Waals surface area contributed by atoms with Crippen LogP contribution in [-0.4, -0.2) is 10.4 Å². The quantitative estimate of drug-likeness (QED) is 0.682. The first-order chi connectivity index (χ1) is 11.2. The Morgan fingerprint density at radius 2 is 1.83 bits per heavy atom. The van der Waals surface area contributed by atoms with Crippen molar-refractivity contribution in [2.45, 2.75) is 19.4 Å². The van der Waals surface area contributed by atoms with Crippen LogP contribution in [-0.2, 0) is 13.0 Å². The standard InChI is InChI=1S/C19H15NO3/c21-17(13-6-2-1-3-7-13)15-18(22)14-10-4-8-12-9-5-11-20(16(12)14)19(15)23/h1-4,6-8,10,22H,5,9,11H2/p-1. The van der Waals surface area contributed by atoms with E-state index in [1.807, 2.05) is 12.1 Å². The SMILES string of the molecule is O=C(c1ccccc1)c1c([O-])c2cccc3c2n(c1=O)CCC3. The molecule has 114 valence electrons. The minimum Gasteiger partial charge on any atom is -0.871 e. The van der Waals surface area contributed by atoms with Gasteiger partial charge in [-0.1, -0.05) is 54.3 Å². The normalized spacial score (nSPS) is 13.2. The van der Waals surface area contributed by atoms with Gasteiger partial charge >= 0.3 is 0 Å². The predicted octanol–water partition coefficient (Wildman–Crippen LogP) is 2.25. The third kappa shape index (κ3) is 1.99. The van der Waals surface area contributed by atoms with Crippen molar-refractivity contribution in [3.05, 3.63) is 75.6 Å². The number of rotatable bonds is 2. The number of carbonyl (C=O) groups excluding carboxylic acids is 1. The van der Waals surface area contributed by atoms with Crippen molar-refractivity contribution < 1.29 is 9.90 Å². The van der Waals surface area contributed by atoms with Gasteiger partial charge in [0.05, 0.1) is 11.1 Å². The number of para-hydroxylation sites is 1. The van der Waals surface area contributed by atoms with Crippen molar-refractivity contribution in [3.63, 3.8) is 0 Å². The first kappa shape index (κ1) is 13.8. The molecule has 0 amide bonds. The average molecular weight is 304 g/mol. The molecule has 2 aromatic carbocycles. The van der Waals surface area contributed by atoms with E-state index in [-0.39, 0.29) is 5.56 Å². The van der Waals surface area contributed by atoms with Gasteiger partial charge in [-0.05, 0) is 23.8 Å². The number of benzene rings is 2. The van der Waals surface area contributed by atoms with E-state index in [1.54, 1.807) is 41.0 Å². The molecule has 0 N–H and O–H groups in total. The zero-order chi connectivity index (χ0) is 16.0. The molecule has 0 aliphatic carbocycles. The molecule has 0 spiro atoms. The lowest BCUT2D eigenvalue weighted by Gasteiger charge is -2.24. The Bertz CT molecular complexity index is 987. The van der Waals surface area contributed by atoms with Gasteiger partial charge in [-0.2, -0.15) is 0 Å². The van der Waals surface area contributed by atoms with Crippen LogP contribution in [0.25, 0.3) is 10.9 Å². The van der Waals surface area contributed by atoms with Crippen LogP contribution < -0.4 is 10.7 Å². The van der Waals surface area contributed by atoms with E-state index < -0.39 is 17.1 Å². The summed E-state index contributed by atoms with van der Waals surface area (Å²) in [6.45, 7) is 0.543. The zero-order valence-corrected chi connectivity index (χ0v) is 12.4. The zero-order valence-electron chi connectivity index (χ0n) is 12.4. The first-order valence-corrected chi connectivity index (χ1v) is 7.63. The molecule has 0 saturated heterocycles. The number of pyridine rings is 1. The van der Waals surface area contributed by atoms with Gasteiger partial charge < -0.3 is 9.67 Å². The molecule has 1 aromatic heterocycles. The van der Waals surface area contributed by atoms with Crippen LogP contribution in [0, 0.1) is 0 Å². The Morgan fingerprint density at radius 1 is 1.04 bits per heavy atom. The molecule has 2 heterocycles. The molecule has 0 radical (unpaired) electrons. The smallest absolute Gasteiger partial charge is 0.261 e. The van der Waals surface area contributed by atoms with Gasteiger partial charge in [0.1, 0.15) is 0 Å². The summed E-state index contributed by atoms with van der Waals surface area (Å²) in [7, 11) is 0. The maximum absolute atomic E-state index is 12.8. The second-order valence-corrected chi connectivity index (χ2v) is 5.77. The molecular weight excluding hydrogens is 290 g/mol. The Kier molecular flexibility index (Phi) is 3.05. The summed E-state index contributed by atoms with van der Waals surface area (Å²) in [5, 5.41) is 13.2. The van der Waals surface area contributed by atoms with Crippen LogP contribution in [0.1, 0.15) is 27.9 Å². The van der Waals surface area contributed by atoms with E-state index in [1.165, 1.54) is 0 Å². The fraction of sp³-hybridized carbons (Fsp3) is 0.158. The molecule has 0 saturated carbocycles. The number of aryl methyl sites for hydroxylation is 2. The summed E-state index contributed by atoms with van der Waals surface area (Å²) >= 11 is 0. The van der Waals surface area contributed by atoms with Crippen molar-refractivity contribution in [3.8, 4) is 5.75 Å². The largest absolute Gasteiger partial charge is 0.871 e. The Morgan fingerprint density at radius 3 is 2.61 bits per heavy atom. The third-order valence-electron chi connectivity index (χ3n) is 4.41. The lowest BCUT2D eigenvalue weighted by atomic mass is 9.96. The summed E-state index contributed by atoms with van der Waals surface area (Å²) in [5.74, 6) is -0.957. The topological polar surface area (TPSA) is 62.1 Å². The van der Waals surface area contributed by atoms with E-state index in [4.69, 9.17) is 0 Å². The fourth-order valence-electron chi connectivity index (χ4n) is 3.34. The van der Waals surface area contributed by atoms with E-state index >= 15 is 0 Å². The van der Waals surface area contributed by atoms with Crippen LogP contribution in [0.5, 0.6) is 5.75 Å². The minimum atomic E-state index is -0.498. The summed E-state index contributed by atoms with van der Waals surface area (Å²) in [6.07, 6.45) is 1.69. The summed E-state index contributed by atoms with van der Waals surface area (Å²) in [4.78, 5) is 25.5. The van der Waals surface area contributed by atoms with Crippen molar-refractivity contribution >= 4 is 16.7 Å². The van der Waals surface area contributed by atoms with Crippen LogP contribution in [0.15, 0.2) is 53.3 Å². The monoisotopic (exact) mass is 304 g/mol. The van der Waals surface area contributed by atoms with Crippen molar-refractivity contribution in [1.82, 2.24) is 4.57 Å². The highest BCUT2D eigenvalue weighted by Gasteiger charge is 2.21. The molecule has 1 aliphatic heterocycles. The van der Waals surface area contributed by atoms with Gasteiger partial charge in [0.2, 0.25) is 0 Å². The Labute approximate surface area is 132 Å². The number of aromatic nitrogens is 1. The lowest BCUT2D eigenvalue weighted by molar-refractivity contribution is -0.266. The molecule has 4 rings (SSSR count). The van der Waals surface area contributed by atoms with E-state index in [2.05, 4.69) is 0 Å². The van der Waals surface area contributed by atoms with Gasteiger partial charge in [-0.3, -0.25) is 9.59 Å². The molecule has 0 atom stereocenters. The number of hydrogen-bond acceptors (Lipinski definition) is 3. The number of carbonyl (C=O) groups is 1. The number of ketones is 1. The molecule has 0 fully saturated rings. The van der Waals surface area contributed by atoms with Gasteiger partial charge in [0.25, 0.3) is 5.56 Å². The summed E-state index contributed by atoms with van der Waals surface area (Å²) in [5.41, 5.74) is 1.34. The van der Waals surface area contributed by atoms with Crippen LogP contribution in [0.2, 0.25) is 0 Å². The highest BCUT2D eigenvalue weighted by atomic mass is 16.3. The predicted molar refractivity (Wildman–Crippen MR) is 85.8 cm³/mol. The van der Waals surface area contributed by atoms with E-state index in [0.29, 0.717) is 23.0 Å². The molecule has 0 bridgehead atoms. The highest BCUT2D eigenvalue weighted by Crippen LogP contribution is 2.30. The fourth-order valence-corrected chi connectivity index (χ4v) is 3.34. The average Bonchev–Trinajstić information content (AvgIpc) is 2.60. The number of nitrogens with zero attached hydrogens (tertiary/aromatic N) is 1. The van der Waals surface area contributed by atoms with Crippen LogP contribution in [0.3, 0.4) is 0 Å². The number of hydrogen-bond donors (Lipinski definition) is 0. The highest BCUT2D eigenvalue weighted by molar-refractivity contribution is 6.12. The molecule has 23 heavy (non-hydrogen) atoms. The van der Waals surface area contributed by atoms with E-state index in [9.17, 15) is 14.7 Å². The van der Waals surface area contributed by atoms with Gasteiger partial charge in [-0.25, -0.2) is 0 Å².